The van der Waals surface area contributed by atoms with Crippen LogP contribution in [0.4, 0.5) is 0 Å². The highest BCUT2D eigenvalue weighted by Crippen LogP contribution is 2.27. The summed E-state index contributed by atoms with van der Waals surface area (Å²) in [4.78, 5) is 0. The van der Waals surface area contributed by atoms with Crippen molar-refractivity contribution in [3.05, 3.63) is 11.8 Å². The summed E-state index contributed by atoms with van der Waals surface area (Å²) in [6, 6.07) is 0. The third-order valence-electron chi connectivity index (χ3n) is 1.76. The molecule has 0 aromatic heterocycles. The molecule has 0 saturated heterocycles. The predicted molar refractivity (Wildman–Crippen MR) is 51.0 cm³/mol. The standard InChI is InChI=1S/C10H18N2/c1-8-5-9(12-11-7-8)6-10(2,3)4/h5,8H,6-7H2,1-4H3. The summed E-state index contributed by atoms with van der Waals surface area (Å²) in [5, 5.41) is 8.23. The minimum atomic E-state index is 0.321. The second-order valence-corrected chi connectivity index (χ2v) is 4.80. The lowest BCUT2D eigenvalue weighted by Crippen LogP contribution is -2.08. The summed E-state index contributed by atoms with van der Waals surface area (Å²) >= 11 is 0. The molecule has 0 bridgehead atoms. The topological polar surface area (TPSA) is 24.7 Å². The smallest absolute Gasteiger partial charge is 0.0664 e. The number of hydrogen-bond donors (Lipinski definition) is 0. The van der Waals surface area contributed by atoms with Crippen molar-refractivity contribution in [3.63, 3.8) is 0 Å². The van der Waals surface area contributed by atoms with E-state index in [1.807, 2.05) is 0 Å². The van der Waals surface area contributed by atoms with Crippen molar-refractivity contribution in [3.8, 4) is 0 Å². The molecule has 2 heteroatoms. The fourth-order valence-electron chi connectivity index (χ4n) is 1.31. The van der Waals surface area contributed by atoms with Gasteiger partial charge in [-0.05, 0) is 17.8 Å². The van der Waals surface area contributed by atoms with Gasteiger partial charge in [-0.1, -0.05) is 33.8 Å². The van der Waals surface area contributed by atoms with E-state index in [4.69, 9.17) is 0 Å². The maximum atomic E-state index is 4.15. The molecule has 1 unspecified atom stereocenters. The zero-order chi connectivity index (χ0) is 9.19. The van der Waals surface area contributed by atoms with Crippen molar-refractivity contribution in [2.45, 2.75) is 34.1 Å². The lowest BCUT2D eigenvalue weighted by Gasteiger charge is -2.19. The van der Waals surface area contributed by atoms with Crippen molar-refractivity contribution in [2.75, 3.05) is 6.54 Å². The van der Waals surface area contributed by atoms with Crippen LogP contribution in [0.1, 0.15) is 34.1 Å². The van der Waals surface area contributed by atoms with Crippen LogP contribution < -0.4 is 0 Å². The van der Waals surface area contributed by atoms with Crippen molar-refractivity contribution < 1.29 is 0 Å². The molecule has 0 fully saturated rings. The number of allylic oxidation sites excluding steroid dienone is 1. The van der Waals surface area contributed by atoms with Crippen LogP contribution in [0.25, 0.3) is 0 Å². The Morgan fingerprint density at radius 2 is 2.17 bits per heavy atom. The minimum absolute atomic E-state index is 0.321. The van der Waals surface area contributed by atoms with Gasteiger partial charge in [0.15, 0.2) is 0 Å². The molecule has 1 atom stereocenters. The van der Waals surface area contributed by atoms with E-state index in [9.17, 15) is 0 Å². The summed E-state index contributed by atoms with van der Waals surface area (Å²) in [6.07, 6.45) is 3.26. The molecule has 68 valence electrons. The Hall–Kier alpha value is -0.660. The Kier molecular flexibility index (Phi) is 2.65. The quantitative estimate of drug-likeness (QED) is 0.570. The molecule has 0 N–H and O–H groups in total. The molecular formula is C10H18N2. The fourth-order valence-corrected chi connectivity index (χ4v) is 1.31. The lowest BCUT2D eigenvalue weighted by molar-refractivity contribution is 0.402. The van der Waals surface area contributed by atoms with E-state index in [1.54, 1.807) is 0 Å². The number of azo groups is 1. The Bertz CT molecular complexity index is 208. The van der Waals surface area contributed by atoms with Gasteiger partial charge < -0.3 is 0 Å². The van der Waals surface area contributed by atoms with Crippen LogP contribution in [0.3, 0.4) is 0 Å². The van der Waals surface area contributed by atoms with Gasteiger partial charge in [0.2, 0.25) is 0 Å². The van der Waals surface area contributed by atoms with E-state index in [1.165, 1.54) is 0 Å². The Morgan fingerprint density at radius 3 is 2.67 bits per heavy atom. The van der Waals surface area contributed by atoms with Gasteiger partial charge in [0.25, 0.3) is 0 Å². The molecule has 12 heavy (non-hydrogen) atoms. The summed E-state index contributed by atoms with van der Waals surface area (Å²) in [5.41, 5.74) is 1.48. The van der Waals surface area contributed by atoms with Gasteiger partial charge in [-0.2, -0.15) is 10.2 Å². The maximum Gasteiger partial charge on any atom is 0.0664 e. The summed E-state index contributed by atoms with van der Waals surface area (Å²) in [6.45, 7) is 9.71. The van der Waals surface area contributed by atoms with Crippen molar-refractivity contribution in [1.29, 1.82) is 0 Å². The molecule has 0 aliphatic carbocycles. The van der Waals surface area contributed by atoms with E-state index >= 15 is 0 Å². The highest BCUT2D eigenvalue weighted by molar-refractivity contribution is 5.06. The Labute approximate surface area is 74.8 Å². The van der Waals surface area contributed by atoms with Crippen LogP contribution in [0.2, 0.25) is 0 Å². The third kappa shape index (κ3) is 3.16. The predicted octanol–water partition coefficient (Wildman–Crippen LogP) is 3.41. The average Bonchev–Trinajstić information content (AvgIpc) is 1.82. The molecule has 1 rings (SSSR count). The number of rotatable bonds is 1. The molecule has 0 amide bonds. The van der Waals surface area contributed by atoms with Crippen LogP contribution in [-0.2, 0) is 0 Å². The van der Waals surface area contributed by atoms with E-state index in [-0.39, 0.29) is 0 Å². The summed E-state index contributed by atoms with van der Waals surface area (Å²) in [7, 11) is 0. The third-order valence-corrected chi connectivity index (χ3v) is 1.76. The van der Waals surface area contributed by atoms with E-state index in [0.717, 1.165) is 18.7 Å². The van der Waals surface area contributed by atoms with Crippen LogP contribution in [-0.4, -0.2) is 6.54 Å². The van der Waals surface area contributed by atoms with Gasteiger partial charge in [-0.3, -0.25) is 0 Å². The normalized spacial score (nSPS) is 24.0. The number of nitrogens with zero attached hydrogens (tertiary/aromatic N) is 2. The summed E-state index contributed by atoms with van der Waals surface area (Å²) < 4.78 is 0. The first-order valence-electron chi connectivity index (χ1n) is 4.55. The average molecular weight is 166 g/mol. The first-order valence-corrected chi connectivity index (χ1v) is 4.55. The zero-order valence-corrected chi connectivity index (χ0v) is 8.46. The van der Waals surface area contributed by atoms with Crippen LogP contribution in [0.5, 0.6) is 0 Å². The number of hydrogen-bond acceptors (Lipinski definition) is 2. The second-order valence-electron chi connectivity index (χ2n) is 4.80. The van der Waals surface area contributed by atoms with Gasteiger partial charge in [-0.25, -0.2) is 0 Å². The van der Waals surface area contributed by atoms with Gasteiger partial charge in [0, 0.05) is 0 Å². The molecule has 2 nitrogen and oxygen atoms in total. The largest absolute Gasteiger partial charge is 0.188 e. The van der Waals surface area contributed by atoms with Gasteiger partial charge in [0.05, 0.1) is 12.2 Å². The molecule has 1 aliphatic rings. The van der Waals surface area contributed by atoms with Gasteiger partial charge in [-0.15, -0.1) is 0 Å². The monoisotopic (exact) mass is 166 g/mol. The molecule has 0 aromatic carbocycles. The molecular weight excluding hydrogens is 148 g/mol. The van der Waals surface area contributed by atoms with Crippen molar-refractivity contribution in [2.24, 2.45) is 21.6 Å². The van der Waals surface area contributed by atoms with E-state index in [0.29, 0.717) is 11.3 Å². The SMILES string of the molecule is CC1C=C(CC(C)(C)C)N=NC1. The first kappa shape index (κ1) is 9.43. The summed E-state index contributed by atoms with van der Waals surface area (Å²) in [5.74, 6) is 0.569. The molecule has 1 aliphatic heterocycles. The molecule has 1 heterocycles. The molecule has 0 radical (unpaired) electrons. The molecule has 0 aromatic rings. The van der Waals surface area contributed by atoms with Crippen molar-refractivity contribution >= 4 is 0 Å². The van der Waals surface area contributed by atoms with Crippen molar-refractivity contribution in [1.82, 2.24) is 0 Å². The van der Waals surface area contributed by atoms with Gasteiger partial charge >= 0.3 is 0 Å². The zero-order valence-electron chi connectivity index (χ0n) is 8.46. The maximum absolute atomic E-state index is 4.15. The minimum Gasteiger partial charge on any atom is -0.188 e. The highest BCUT2D eigenvalue weighted by atomic mass is 15.1. The van der Waals surface area contributed by atoms with Crippen LogP contribution in [0.15, 0.2) is 22.0 Å². The fraction of sp³-hybridized carbons (Fsp3) is 0.800. The van der Waals surface area contributed by atoms with Crippen LogP contribution in [0, 0.1) is 11.3 Å². The molecule has 0 saturated carbocycles. The van der Waals surface area contributed by atoms with E-state index < -0.39 is 0 Å². The highest BCUT2D eigenvalue weighted by Gasteiger charge is 2.15. The Morgan fingerprint density at radius 1 is 1.50 bits per heavy atom. The first-order chi connectivity index (χ1) is 5.47. The van der Waals surface area contributed by atoms with Gasteiger partial charge in [0.1, 0.15) is 0 Å². The lowest BCUT2D eigenvalue weighted by atomic mass is 9.89. The van der Waals surface area contributed by atoms with Crippen LogP contribution >= 0.6 is 0 Å². The van der Waals surface area contributed by atoms with E-state index in [2.05, 4.69) is 44.0 Å². The molecule has 0 spiro atoms. The Balaban J connectivity index is 2.58. The second kappa shape index (κ2) is 3.38.